The van der Waals surface area contributed by atoms with Crippen molar-refractivity contribution in [3.05, 3.63) is 59.7 Å². The normalized spacial score (nSPS) is 20.5. The summed E-state index contributed by atoms with van der Waals surface area (Å²) in [6.07, 6.45) is 0.271. The van der Waals surface area contributed by atoms with Gasteiger partial charge >= 0.3 is 0 Å². The molecule has 2 atom stereocenters. The summed E-state index contributed by atoms with van der Waals surface area (Å²) >= 11 is 0. The quantitative estimate of drug-likeness (QED) is 0.693. The zero-order chi connectivity index (χ0) is 22.5. The molecule has 1 fully saturated rings. The van der Waals surface area contributed by atoms with Gasteiger partial charge in [-0.15, -0.1) is 0 Å². The summed E-state index contributed by atoms with van der Waals surface area (Å²) in [5.74, 6) is 1.27. The van der Waals surface area contributed by atoms with Crippen LogP contribution in [0.4, 0.5) is 0 Å². The van der Waals surface area contributed by atoms with Crippen molar-refractivity contribution in [2.75, 3.05) is 46.6 Å². The van der Waals surface area contributed by atoms with Crippen LogP contribution in [0.2, 0.25) is 0 Å². The number of carbonyl (C=O) groups is 2. The van der Waals surface area contributed by atoms with Crippen molar-refractivity contribution >= 4 is 11.8 Å². The second kappa shape index (κ2) is 10.0. The Labute approximate surface area is 188 Å². The van der Waals surface area contributed by atoms with Crippen molar-refractivity contribution in [3.63, 3.8) is 0 Å². The molecular formula is C25H30N2O5. The first-order chi connectivity index (χ1) is 15.6. The van der Waals surface area contributed by atoms with Crippen molar-refractivity contribution < 1.29 is 23.8 Å². The predicted molar refractivity (Wildman–Crippen MR) is 120 cm³/mol. The Balaban J connectivity index is 1.75. The molecule has 32 heavy (non-hydrogen) atoms. The molecule has 0 aliphatic carbocycles. The highest BCUT2D eigenvalue weighted by atomic mass is 16.5. The molecule has 0 unspecified atom stereocenters. The van der Waals surface area contributed by atoms with E-state index in [4.69, 9.17) is 14.2 Å². The summed E-state index contributed by atoms with van der Waals surface area (Å²) in [7, 11) is 1.63. The van der Waals surface area contributed by atoms with Crippen molar-refractivity contribution in [2.24, 2.45) is 5.92 Å². The fraction of sp³-hybridized carbons (Fsp3) is 0.440. The molecule has 0 radical (unpaired) electrons. The van der Waals surface area contributed by atoms with E-state index in [1.807, 2.05) is 65.3 Å². The van der Waals surface area contributed by atoms with Crippen LogP contribution in [0, 0.1) is 5.92 Å². The number of ether oxygens (including phenoxy) is 3. The number of hydrogen-bond acceptors (Lipinski definition) is 5. The Hall–Kier alpha value is -3.06. The van der Waals surface area contributed by atoms with E-state index in [0.717, 1.165) is 5.56 Å². The number of para-hydroxylation sites is 1. The maximum Gasteiger partial charge on any atom is 0.254 e. The minimum absolute atomic E-state index is 0.0280. The summed E-state index contributed by atoms with van der Waals surface area (Å²) in [6.45, 7) is 4.71. The van der Waals surface area contributed by atoms with Crippen molar-refractivity contribution in [1.29, 1.82) is 0 Å². The van der Waals surface area contributed by atoms with Gasteiger partial charge in [0, 0.05) is 50.2 Å². The van der Waals surface area contributed by atoms with Crippen LogP contribution in [-0.2, 0) is 9.53 Å². The molecule has 0 N–H and O–H groups in total. The van der Waals surface area contributed by atoms with Crippen LogP contribution in [0.15, 0.2) is 48.5 Å². The Morgan fingerprint density at radius 3 is 2.72 bits per heavy atom. The molecule has 7 nitrogen and oxygen atoms in total. The lowest BCUT2D eigenvalue weighted by atomic mass is 9.87. The Morgan fingerprint density at radius 1 is 1.16 bits per heavy atom. The monoisotopic (exact) mass is 438 g/mol. The SMILES string of the molecule is CCOc1cccc2c1OC[C@@H]1CN(CCOC)C(=O)CCN(C(=O)c3ccccc3)[C@H]21. The maximum atomic E-state index is 13.6. The molecule has 0 spiro atoms. The minimum atomic E-state index is -0.218. The van der Waals surface area contributed by atoms with E-state index >= 15 is 0 Å². The highest BCUT2D eigenvalue weighted by Gasteiger charge is 2.42. The van der Waals surface area contributed by atoms with Crippen LogP contribution in [-0.4, -0.2) is 68.2 Å². The van der Waals surface area contributed by atoms with Gasteiger partial charge in [0.25, 0.3) is 5.91 Å². The van der Waals surface area contributed by atoms with Gasteiger partial charge in [0.15, 0.2) is 11.5 Å². The van der Waals surface area contributed by atoms with E-state index in [1.165, 1.54) is 0 Å². The zero-order valence-corrected chi connectivity index (χ0v) is 18.7. The highest BCUT2D eigenvalue weighted by molar-refractivity contribution is 5.95. The van der Waals surface area contributed by atoms with E-state index in [-0.39, 0.29) is 30.2 Å². The van der Waals surface area contributed by atoms with E-state index in [1.54, 1.807) is 7.11 Å². The second-order valence-electron chi connectivity index (χ2n) is 8.07. The molecule has 4 rings (SSSR count). The lowest BCUT2D eigenvalue weighted by Gasteiger charge is -2.44. The van der Waals surface area contributed by atoms with Crippen molar-refractivity contribution in [2.45, 2.75) is 19.4 Å². The molecule has 1 saturated heterocycles. The topological polar surface area (TPSA) is 68.3 Å². The van der Waals surface area contributed by atoms with Gasteiger partial charge in [-0.25, -0.2) is 0 Å². The fourth-order valence-electron chi connectivity index (χ4n) is 4.59. The molecule has 2 aliphatic rings. The fourth-order valence-corrected chi connectivity index (χ4v) is 4.59. The molecular weight excluding hydrogens is 408 g/mol. The van der Waals surface area contributed by atoms with Crippen LogP contribution in [0.1, 0.15) is 35.3 Å². The largest absolute Gasteiger partial charge is 0.490 e. The first-order valence-electron chi connectivity index (χ1n) is 11.1. The average Bonchev–Trinajstić information content (AvgIpc) is 2.82. The third-order valence-electron chi connectivity index (χ3n) is 6.07. The molecule has 0 aromatic heterocycles. The number of amides is 2. The molecule has 170 valence electrons. The van der Waals surface area contributed by atoms with E-state index in [9.17, 15) is 9.59 Å². The van der Waals surface area contributed by atoms with Gasteiger partial charge in [-0.2, -0.15) is 0 Å². The zero-order valence-electron chi connectivity index (χ0n) is 18.7. The second-order valence-corrected chi connectivity index (χ2v) is 8.07. The number of nitrogens with zero attached hydrogens (tertiary/aromatic N) is 2. The van der Waals surface area contributed by atoms with Crippen LogP contribution < -0.4 is 9.47 Å². The molecule has 2 amide bonds. The Bertz CT molecular complexity index is 949. The van der Waals surface area contributed by atoms with Crippen LogP contribution in [0.3, 0.4) is 0 Å². The first-order valence-corrected chi connectivity index (χ1v) is 11.1. The summed E-state index contributed by atoms with van der Waals surface area (Å²) in [4.78, 5) is 30.2. The van der Waals surface area contributed by atoms with Crippen LogP contribution in [0.5, 0.6) is 11.5 Å². The van der Waals surface area contributed by atoms with Gasteiger partial charge in [-0.1, -0.05) is 30.3 Å². The van der Waals surface area contributed by atoms with Gasteiger partial charge in [-0.3, -0.25) is 9.59 Å². The third kappa shape index (κ3) is 4.43. The Morgan fingerprint density at radius 2 is 1.97 bits per heavy atom. The summed E-state index contributed by atoms with van der Waals surface area (Å²) < 4.78 is 17.2. The van der Waals surface area contributed by atoms with E-state index in [2.05, 4.69) is 0 Å². The van der Waals surface area contributed by atoms with Gasteiger partial charge in [-0.05, 0) is 25.1 Å². The van der Waals surface area contributed by atoms with Gasteiger partial charge in [0.05, 0.1) is 25.9 Å². The van der Waals surface area contributed by atoms with Gasteiger partial charge in [0.2, 0.25) is 5.91 Å². The molecule has 2 aromatic rings. The minimum Gasteiger partial charge on any atom is -0.490 e. The lowest BCUT2D eigenvalue weighted by molar-refractivity contribution is -0.135. The van der Waals surface area contributed by atoms with E-state index in [0.29, 0.717) is 56.5 Å². The number of hydrogen-bond donors (Lipinski definition) is 0. The van der Waals surface area contributed by atoms with E-state index < -0.39 is 0 Å². The number of benzene rings is 2. The molecule has 2 aliphatic heterocycles. The van der Waals surface area contributed by atoms with Crippen molar-refractivity contribution in [3.8, 4) is 11.5 Å². The van der Waals surface area contributed by atoms with Gasteiger partial charge < -0.3 is 24.0 Å². The third-order valence-corrected chi connectivity index (χ3v) is 6.07. The molecule has 2 heterocycles. The molecule has 7 heteroatoms. The Kier molecular flexibility index (Phi) is 6.95. The van der Waals surface area contributed by atoms with Crippen LogP contribution >= 0.6 is 0 Å². The molecule has 0 bridgehead atoms. The number of rotatable bonds is 6. The molecule has 2 aromatic carbocycles. The number of fused-ring (bicyclic) bond motifs is 3. The van der Waals surface area contributed by atoms with Crippen molar-refractivity contribution in [1.82, 2.24) is 9.80 Å². The highest BCUT2D eigenvalue weighted by Crippen LogP contribution is 2.45. The first kappa shape index (κ1) is 22.1. The predicted octanol–water partition coefficient (Wildman–Crippen LogP) is 3.16. The number of methoxy groups -OCH3 is 1. The lowest BCUT2D eigenvalue weighted by Crippen LogP contribution is -2.51. The summed E-state index contributed by atoms with van der Waals surface area (Å²) in [5, 5.41) is 0. The van der Waals surface area contributed by atoms with Gasteiger partial charge in [0.1, 0.15) is 0 Å². The standard InChI is InChI=1S/C25H30N2O5/c1-3-31-21-11-7-10-20-23-19(17-32-24(20)21)16-26(14-15-30-2)22(28)12-13-27(23)25(29)18-8-5-4-6-9-18/h4-11,19,23H,3,12-17H2,1-2H3/t19-,23-/m0/s1. The summed E-state index contributed by atoms with van der Waals surface area (Å²) in [5.41, 5.74) is 1.54. The molecule has 0 saturated carbocycles. The summed E-state index contributed by atoms with van der Waals surface area (Å²) in [6, 6.07) is 14.9. The maximum absolute atomic E-state index is 13.6. The number of carbonyl (C=O) groups excluding carboxylic acids is 2. The average molecular weight is 439 g/mol. The smallest absolute Gasteiger partial charge is 0.254 e. The van der Waals surface area contributed by atoms with Crippen LogP contribution in [0.25, 0.3) is 0 Å².